The first-order valence-corrected chi connectivity index (χ1v) is 7.14. The molecule has 0 aliphatic carbocycles. The molecular weight excluding hydrogens is 332 g/mol. The van der Waals surface area contributed by atoms with Gasteiger partial charge >= 0.3 is 0 Å². The van der Waals surface area contributed by atoms with Crippen LogP contribution in [0.25, 0.3) is 11.1 Å². The van der Waals surface area contributed by atoms with Crippen molar-refractivity contribution in [2.75, 3.05) is 27.4 Å². The van der Waals surface area contributed by atoms with Crippen molar-refractivity contribution in [3.63, 3.8) is 0 Å². The topological polar surface area (TPSA) is 40.6 Å². The first kappa shape index (κ1) is 16.8. The van der Waals surface area contributed by atoms with Crippen molar-refractivity contribution < 1.29 is 18.6 Å². The maximum absolute atomic E-state index is 13.5. The van der Waals surface area contributed by atoms with Gasteiger partial charge in [0.2, 0.25) is 5.88 Å². The predicted octanol–water partition coefficient (Wildman–Crippen LogP) is 4.23. The molecule has 2 rings (SSSR count). The van der Waals surface area contributed by atoms with E-state index in [-0.39, 0.29) is 22.7 Å². The minimum atomic E-state index is -0.414. The third-order valence-corrected chi connectivity index (χ3v) is 3.54. The van der Waals surface area contributed by atoms with E-state index in [1.54, 1.807) is 19.2 Å². The fourth-order valence-electron chi connectivity index (χ4n) is 1.87. The lowest BCUT2D eigenvalue weighted by Gasteiger charge is -2.14. The molecule has 0 radical (unpaired) electrons. The van der Waals surface area contributed by atoms with Crippen LogP contribution in [-0.2, 0) is 4.74 Å². The quantitative estimate of drug-likeness (QED) is 0.580. The Bertz CT molecular complexity index is 667. The van der Waals surface area contributed by atoms with E-state index in [2.05, 4.69) is 4.98 Å². The van der Waals surface area contributed by atoms with Crippen LogP contribution in [0.2, 0.25) is 10.2 Å². The number of nitrogens with zero attached hydrogens (tertiary/aromatic N) is 1. The van der Waals surface area contributed by atoms with Crippen molar-refractivity contribution in [2.24, 2.45) is 0 Å². The normalized spacial score (nSPS) is 10.6. The fourth-order valence-corrected chi connectivity index (χ4v) is 2.16. The predicted molar refractivity (Wildman–Crippen MR) is 83.6 cm³/mol. The van der Waals surface area contributed by atoms with Crippen molar-refractivity contribution in [3.05, 3.63) is 40.3 Å². The van der Waals surface area contributed by atoms with E-state index in [4.69, 9.17) is 37.4 Å². The van der Waals surface area contributed by atoms with E-state index < -0.39 is 5.82 Å². The van der Waals surface area contributed by atoms with Crippen LogP contribution in [0.4, 0.5) is 4.39 Å². The first-order chi connectivity index (χ1) is 10.6. The Balaban J connectivity index is 2.49. The van der Waals surface area contributed by atoms with Gasteiger partial charge in [0.25, 0.3) is 0 Å². The molecule has 0 N–H and O–H groups in total. The van der Waals surface area contributed by atoms with Crippen LogP contribution in [0, 0.1) is 5.82 Å². The number of methoxy groups -OCH3 is 2. The van der Waals surface area contributed by atoms with Gasteiger partial charge in [0.05, 0.1) is 18.7 Å². The molecule has 1 aromatic heterocycles. The Labute approximate surface area is 137 Å². The molecule has 0 bridgehead atoms. The maximum atomic E-state index is 13.5. The zero-order valence-corrected chi connectivity index (χ0v) is 13.5. The third-order valence-electron chi connectivity index (χ3n) is 2.87. The number of benzene rings is 1. The lowest BCUT2D eigenvalue weighted by molar-refractivity contribution is 0.146. The highest BCUT2D eigenvalue weighted by molar-refractivity contribution is 6.41. The van der Waals surface area contributed by atoms with Gasteiger partial charge in [0.15, 0.2) is 5.15 Å². The van der Waals surface area contributed by atoms with Gasteiger partial charge in [0, 0.05) is 24.3 Å². The summed E-state index contributed by atoms with van der Waals surface area (Å²) in [7, 11) is 3.02. The van der Waals surface area contributed by atoms with Crippen molar-refractivity contribution in [1.82, 2.24) is 4.98 Å². The van der Waals surface area contributed by atoms with E-state index >= 15 is 0 Å². The number of ether oxygens (including phenoxy) is 3. The largest absolute Gasteiger partial charge is 0.490 e. The highest BCUT2D eigenvalue weighted by Crippen LogP contribution is 2.39. The molecule has 0 aliphatic rings. The molecule has 0 spiro atoms. The second-order valence-electron chi connectivity index (χ2n) is 4.30. The summed E-state index contributed by atoms with van der Waals surface area (Å²) in [6, 6.07) is 5.78. The molecule has 0 atom stereocenters. The lowest BCUT2D eigenvalue weighted by atomic mass is 10.1. The van der Waals surface area contributed by atoms with Crippen LogP contribution in [-0.4, -0.2) is 32.4 Å². The SMILES string of the molecule is COCCOc1cc(F)ccc1-c1cc(Cl)c(Cl)nc1OC. The summed E-state index contributed by atoms with van der Waals surface area (Å²) in [5.74, 6) is 0.205. The number of halogens is 3. The molecule has 2 aromatic rings. The van der Waals surface area contributed by atoms with E-state index in [1.165, 1.54) is 19.2 Å². The Hall–Kier alpha value is -1.56. The highest BCUT2D eigenvalue weighted by atomic mass is 35.5. The first-order valence-electron chi connectivity index (χ1n) is 6.38. The van der Waals surface area contributed by atoms with Gasteiger partial charge in [-0.05, 0) is 18.2 Å². The molecule has 0 saturated heterocycles. The summed E-state index contributed by atoms with van der Waals surface area (Å²) in [6.45, 7) is 0.663. The summed E-state index contributed by atoms with van der Waals surface area (Å²) in [5.41, 5.74) is 1.16. The molecule has 22 heavy (non-hydrogen) atoms. The van der Waals surface area contributed by atoms with Gasteiger partial charge in [-0.2, -0.15) is 4.98 Å². The molecule has 1 aromatic carbocycles. The summed E-state index contributed by atoms with van der Waals surface area (Å²) < 4.78 is 29.2. The lowest BCUT2D eigenvalue weighted by Crippen LogP contribution is -2.05. The molecule has 0 unspecified atom stereocenters. The van der Waals surface area contributed by atoms with E-state index in [0.29, 0.717) is 23.5 Å². The van der Waals surface area contributed by atoms with Crippen LogP contribution in [0.1, 0.15) is 0 Å². The minimum absolute atomic E-state index is 0.131. The third kappa shape index (κ3) is 3.80. The molecule has 118 valence electrons. The zero-order chi connectivity index (χ0) is 16.1. The smallest absolute Gasteiger partial charge is 0.222 e. The van der Waals surface area contributed by atoms with E-state index in [1.807, 2.05) is 0 Å². The van der Waals surface area contributed by atoms with E-state index in [0.717, 1.165) is 0 Å². The molecule has 0 amide bonds. The molecule has 0 aliphatic heterocycles. The Morgan fingerprint density at radius 1 is 1.09 bits per heavy atom. The number of rotatable bonds is 6. The monoisotopic (exact) mass is 345 g/mol. The summed E-state index contributed by atoms with van der Waals surface area (Å²) in [4.78, 5) is 4.06. The van der Waals surface area contributed by atoms with Gasteiger partial charge in [-0.25, -0.2) is 4.39 Å². The van der Waals surface area contributed by atoms with Crippen LogP contribution < -0.4 is 9.47 Å². The summed E-state index contributed by atoms with van der Waals surface area (Å²) in [5, 5.41) is 0.399. The number of hydrogen-bond acceptors (Lipinski definition) is 4. The number of aromatic nitrogens is 1. The Kier molecular flexibility index (Phi) is 5.83. The molecule has 0 fully saturated rings. The standard InChI is InChI=1S/C15H14Cl2FNO3/c1-20-5-6-22-13-7-9(18)3-4-10(13)11-8-12(16)14(17)19-15(11)21-2/h3-4,7-8H,5-6H2,1-2H3. The van der Waals surface area contributed by atoms with Crippen LogP contribution in [0.15, 0.2) is 24.3 Å². The van der Waals surface area contributed by atoms with Crippen LogP contribution >= 0.6 is 23.2 Å². The number of hydrogen-bond donors (Lipinski definition) is 0. The molecule has 7 heteroatoms. The van der Waals surface area contributed by atoms with Gasteiger partial charge < -0.3 is 14.2 Å². The molecule has 4 nitrogen and oxygen atoms in total. The average molecular weight is 346 g/mol. The van der Waals surface area contributed by atoms with Crippen molar-refractivity contribution in [1.29, 1.82) is 0 Å². The van der Waals surface area contributed by atoms with Gasteiger partial charge in [-0.3, -0.25) is 0 Å². The van der Waals surface area contributed by atoms with Gasteiger partial charge in [-0.15, -0.1) is 0 Å². The Morgan fingerprint density at radius 3 is 2.55 bits per heavy atom. The zero-order valence-electron chi connectivity index (χ0n) is 12.0. The second-order valence-corrected chi connectivity index (χ2v) is 5.06. The van der Waals surface area contributed by atoms with Crippen molar-refractivity contribution in [3.8, 4) is 22.8 Å². The fraction of sp³-hybridized carbons (Fsp3) is 0.267. The van der Waals surface area contributed by atoms with Gasteiger partial charge in [0.1, 0.15) is 18.2 Å². The second kappa shape index (κ2) is 7.63. The van der Waals surface area contributed by atoms with Crippen molar-refractivity contribution >= 4 is 23.2 Å². The van der Waals surface area contributed by atoms with Crippen LogP contribution in [0.5, 0.6) is 11.6 Å². The molecule has 1 heterocycles. The summed E-state index contributed by atoms with van der Waals surface area (Å²) >= 11 is 11.9. The minimum Gasteiger partial charge on any atom is -0.490 e. The van der Waals surface area contributed by atoms with E-state index in [9.17, 15) is 4.39 Å². The Morgan fingerprint density at radius 2 is 1.86 bits per heavy atom. The van der Waals surface area contributed by atoms with Crippen LogP contribution in [0.3, 0.4) is 0 Å². The summed E-state index contributed by atoms with van der Waals surface area (Å²) in [6.07, 6.45) is 0. The van der Waals surface area contributed by atoms with Gasteiger partial charge in [-0.1, -0.05) is 23.2 Å². The number of pyridine rings is 1. The van der Waals surface area contributed by atoms with Crippen molar-refractivity contribution in [2.45, 2.75) is 0 Å². The average Bonchev–Trinajstić information content (AvgIpc) is 2.50. The molecule has 0 saturated carbocycles. The molecular formula is C15H14Cl2FNO3. The maximum Gasteiger partial charge on any atom is 0.222 e. The highest BCUT2D eigenvalue weighted by Gasteiger charge is 2.16.